The highest BCUT2D eigenvalue weighted by Crippen LogP contribution is 2.23. The molecule has 0 saturated heterocycles. The minimum absolute atomic E-state index is 1.13. The Morgan fingerprint density at radius 1 is 1.60 bits per heavy atom. The largest absolute Gasteiger partial charge is 0.0848 e. The SMILES string of the molecule is CCC=CC=C1C=C(C)C1. The van der Waals surface area contributed by atoms with Crippen LogP contribution >= 0.6 is 0 Å². The molecule has 0 amide bonds. The Kier molecular flexibility index (Phi) is 2.49. The maximum absolute atomic E-state index is 2.24. The van der Waals surface area contributed by atoms with E-state index < -0.39 is 0 Å². The van der Waals surface area contributed by atoms with Gasteiger partial charge in [0.05, 0.1) is 0 Å². The molecule has 0 atom stereocenters. The highest BCUT2D eigenvalue weighted by Gasteiger charge is 2.03. The van der Waals surface area contributed by atoms with Gasteiger partial charge in [-0.25, -0.2) is 0 Å². The minimum atomic E-state index is 1.13. The fourth-order valence-corrected chi connectivity index (χ4v) is 1.04. The summed E-state index contributed by atoms with van der Waals surface area (Å²) in [6.07, 6.45) is 11.1. The molecule has 0 radical (unpaired) electrons. The standard InChI is InChI=1S/C10H14/c1-3-4-5-6-10-7-9(2)8-10/h4-7H,3,8H2,1-2H3. The summed E-state index contributed by atoms with van der Waals surface area (Å²) in [5.74, 6) is 0. The maximum Gasteiger partial charge on any atom is -0.00667 e. The van der Waals surface area contributed by atoms with Crippen molar-refractivity contribution in [1.29, 1.82) is 0 Å². The van der Waals surface area contributed by atoms with Gasteiger partial charge in [-0.1, -0.05) is 36.8 Å². The minimum Gasteiger partial charge on any atom is -0.0848 e. The Morgan fingerprint density at radius 2 is 2.30 bits per heavy atom. The van der Waals surface area contributed by atoms with Crippen LogP contribution in [0.4, 0.5) is 0 Å². The summed E-state index contributed by atoms with van der Waals surface area (Å²) in [4.78, 5) is 0. The van der Waals surface area contributed by atoms with Crippen LogP contribution < -0.4 is 0 Å². The molecule has 0 spiro atoms. The lowest BCUT2D eigenvalue weighted by Gasteiger charge is -2.12. The predicted molar refractivity (Wildman–Crippen MR) is 45.9 cm³/mol. The molecule has 1 aliphatic carbocycles. The van der Waals surface area contributed by atoms with Crippen molar-refractivity contribution in [3.63, 3.8) is 0 Å². The van der Waals surface area contributed by atoms with E-state index in [1.807, 2.05) is 0 Å². The fraction of sp³-hybridized carbons (Fsp3) is 0.400. The van der Waals surface area contributed by atoms with Gasteiger partial charge in [0.1, 0.15) is 0 Å². The van der Waals surface area contributed by atoms with Gasteiger partial charge in [0, 0.05) is 0 Å². The molecule has 0 aromatic rings. The lowest BCUT2D eigenvalue weighted by atomic mass is 9.94. The van der Waals surface area contributed by atoms with Gasteiger partial charge in [-0.05, 0) is 25.3 Å². The summed E-state index contributed by atoms with van der Waals surface area (Å²) < 4.78 is 0. The molecule has 0 unspecified atom stereocenters. The molecule has 0 aromatic carbocycles. The Hall–Kier alpha value is -0.780. The average molecular weight is 134 g/mol. The van der Waals surface area contributed by atoms with E-state index in [0.29, 0.717) is 0 Å². The zero-order valence-electron chi connectivity index (χ0n) is 6.72. The number of hydrogen-bond acceptors (Lipinski definition) is 0. The fourth-order valence-electron chi connectivity index (χ4n) is 1.04. The first-order chi connectivity index (χ1) is 4.83. The Bertz CT molecular complexity index is 192. The number of hydrogen-bond donors (Lipinski definition) is 0. The van der Waals surface area contributed by atoms with E-state index in [4.69, 9.17) is 0 Å². The van der Waals surface area contributed by atoms with Gasteiger partial charge in [0.25, 0.3) is 0 Å². The third kappa shape index (κ3) is 1.87. The second kappa shape index (κ2) is 3.40. The van der Waals surface area contributed by atoms with Crippen LogP contribution in [0.15, 0.2) is 35.5 Å². The first-order valence-electron chi connectivity index (χ1n) is 3.86. The van der Waals surface area contributed by atoms with Gasteiger partial charge in [0.2, 0.25) is 0 Å². The van der Waals surface area contributed by atoms with Crippen LogP contribution in [-0.4, -0.2) is 0 Å². The van der Waals surface area contributed by atoms with E-state index in [0.717, 1.165) is 6.42 Å². The van der Waals surface area contributed by atoms with Crippen LogP contribution in [-0.2, 0) is 0 Å². The van der Waals surface area contributed by atoms with Crippen LogP contribution in [0, 0.1) is 0 Å². The second-order valence-electron chi connectivity index (χ2n) is 2.75. The van der Waals surface area contributed by atoms with Gasteiger partial charge >= 0.3 is 0 Å². The topological polar surface area (TPSA) is 0 Å². The normalized spacial score (nSPS) is 21.4. The highest BCUT2D eigenvalue weighted by molar-refractivity contribution is 5.39. The van der Waals surface area contributed by atoms with Gasteiger partial charge in [-0.2, -0.15) is 0 Å². The van der Waals surface area contributed by atoms with Crippen LogP contribution in [0.25, 0.3) is 0 Å². The van der Waals surface area contributed by atoms with Crippen molar-refractivity contribution >= 4 is 0 Å². The predicted octanol–water partition coefficient (Wildman–Crippen LogP) is 3.23. The zero-order chi connectivity index (χ0) is 7.40. The highest BCUT2D eigenvalue weighted by atomic mass is 14.1. The smallest absolute Gasteiger partial charge is 0.00667 e. The lowest BCUT2D eigenvalue weighted by molar-refractivity contribution is 1.06. The van der Waals surface area contributed by atoms with Crippen molar-refractivity contribution in [3.8, 4) is 0 Å². The van der Waals surface area contributed by atoms with Crippen LogP contribution in [0.3, 0.4) is 0 Å². The molecule has 0 heterocycles. The third-order valence-electron chi connectivity index (χ3n) is 1.60. The van der Waals surface area contributed by atoms with E-state index in [1.54, 1.807) is 0 Å². The van der Waals surface area contributed by atoms with Crippen LogP contribution in [0.5, 0.6) is 0 Å². The van der Waals surface area contributed by atoms with Crippen molar-refractivity contribution in [2.45, 2.75) is 26.7 Å². The molecule has 0 heteroatoms. The average Bonchev–Trinajstić information content (AvgIpc) is 1.85. The second-order valence-corrected chi connectivity index (χ2v) is 2.75. The van der Waals surface area contributed by atoms with Crippen molar-refractivity contribution in [1.82, 2.24) is 0 Å². The Balaban J connectivity index is 2.38. The van der Waals surface area contributed by atoms with Gasteiger partial charge in [-0.3, -0.25) is 0 Å². The molecule has 0 saturated carbocycles. The molecule has 1 rings (SSSR count). The first-order valence-corrected chi connectivity index (χ1v) is 3.86. The molecule has 0 aromatic heterocycles. The van der Waals surface area contributed by atoms with Crippen LogP contribution in [0.2, 0.25) is 0 Å². The molecule has 0 fully saturated rings. The summed E-state index contributed by atoms with van der Waals surface area (Å²) in [5.41, 5.74) is 2.96. The molecular weight excluding hydrogens is 120 g/mol. The van der Waals surface area contributed by atoms with Gasteiger partial charge < -0.3 is 0 Å². The third-order valence-corrected chi connectivity index (χ3v) is 1.60. The van der Waals surface area contributed by atoms with E-state index in [-0.39, 0.29) is 0 Å². The Morgan fingerprint density at radius 3 is 2.80 bits per heavy atom. The first kappa shape index (κ1) is 7.33. The number of rotatable bonds is 2. The van der Waals surface area contributed by atoms with Crippen molar-refractivity contribution in [2.24, 2.45) is 0 Å². The summed E-state index contributed by atoms with van der Waals surface area (Å²) in [7, 11) is 0. The molecule has 0 bridgehead atoms. The monoisotopic (exact) mass is 134 g/mol. The summed E-state index contributed by atoms with van der Waals surface area (Å²) >= 11 is 0. The molecule has 0 nitrogen and oxygen atoms in total. The van der Waals surface area contributed by atoms with Gasteiger partial charge in [0.15, 0.2) is 0 Å². The maximum atomic E-state index is 2.24. The Labute approximate surface area is 62.9 Å². The molecule has 10 heavy (non-hydrogen) atoms. The molecule has 0 aliphatic heterocycles. The molecule has 1 aliphatic rings. The van der Waals surface area contributed by atoms with E-state index in [2.05, 4.69) is 38.2 Å². The van der Waals surface area contributed by atoms with E-state index in [1.165, 1.54) is 17.6 Å². The van der Waals surface area contributed by atoms with Crippen molar-refractivity contribution in [3.05, 3.63) is 35.5 Å². The molecule has 0 N–H and O–H groups in total. The summed E-state index contributed by atoms with van der Waals surface area (Å²) in [5, 5.41) is 0. The summed E-state index contributed by atoms with van der Waals surface area (Å²) in [6.45, 7) is 4.32. The zero-order valence-corrected chi connectivity index (χ0v) is 6.72. The van der Waals surface area contributed by atoms with Crippen LogP contribution in [0.1, 0.15) is 26.7 Å². The molecule has 54 valence electrons. The van der Waals surface area contributed by atoms with Crippen molar-refractivity contribution in [2.75, 3.05) is 0 Å². The molecular formula is C10H14. The van der Waals surface area contributed by atoms with E-state index >= 15 is 0 Å². The summed E-state index contributed by atoms with van der Waals surface area (Å²) in [6, 6.07) is 0. The van der Waals surface area contributed by atoms with Crippen molar-refractivity contribution < 1.29 is 0 Å². The van der Waals surface area contributed by atoms with E-state index in [9.17, 15) is 0 Å². The quantitative estimate of drug-likeness (QED) is 0.544. The van der Waals surface area contributed by atoms with Gasteiger partial charge in [-0.15, -0.1) is 0 Å². The lowest BCUT2D eigenvalue weighted by Crippen LogP contribution is -1.92. The number of allylic oxidation sites excluding steroid dienone is 6.